The SMILES string of the molecule is C=CCC(=O)OC(CC)CC=C. The van der Waals surface area contributed by atoms with Crippen molar-refractivity contribution >= 4 is 5.97 Å². The molecule has 0 aromatic heterocycles. The van der Waals surface area contributed by atoms with Crippen LogP contribution in [-0.2, 0) is 9.53 Å². The molecule has 0 aromatic carbocycles. The fraction of sp³-hybridized carbons (Fsp3) is 0.500. The van der Waals surface area contributed by atoms with Crippen LogP contribution in [0.25, 0.3) is 0 Å². The molecule has 0 aliphatic carbocycles. The fourth-order valence-electron chi connectivity index (χ4n) is 0.836. The highest BCUT2D eigenvalue weighted by Crippen LogP contribution is 2.05. The Labute approximate surface area is 73.9 Å². The fourth-order valence-corrected chi connectivity index (χ4v) is 0.836. The molecule has 0 bridgehead atoms. The smallest absolute Gasteiger partial charge is 0.309 e. The molecule has 0 amide bonds. The first-order chi connectivity index (χ1) is 5.74. The Hall–Kier alpha value is -1.05. The van der Waals surface area contributed by atoms with Crippen molar-refractivity contribution in [3.05, 3.63) is 25.3 Å². The summed E-state index contributed by atoms with van der Waals surface area (Å²) < 4.78 is 5.10. The average molecular weight is 168 g/mol. The zero-order chi connectivity index (χ0) is 9.40. The van der Waals surface area contributed by atoms with Crippen LogP contribution in [0.3, 0.4) is 0 Å². The van der Waals surface area contributed by atoms with Crippen LogP contribution in [0.4, 0.5) is 0 Å². The first-order valence-electron chi connectivity index (χ1n) is 4.15. The molecule has 2 heteroatoms. The summed E-state index contributed by atoms with van der Waals surface area (Å²) >= 11 is 0. The summed E-state index contributed by atoms with van der Waals surface area (Å²) in [6.45, 7) is 9.03. The second kappa shape index (κ2) is 6.65. The molecule has 0 radical (unpaired) electrons. The second-order valence-electron chi connectivity index (χ2n) is 2.54. The number of ether oxygens (including phenoxy) is 1. The van der Waals surface area contributed by atoms with Crippen molar-refractivity contribution in [3.8, 4) is 0 Å². The van der Waals surface area contributed by atoms with Crippen LogP contribution in [-0.4, -0.2) is 12.1 Å². The van der Waals surface area contributed by atoms with E-state index in [1.807, 2.05) is 6.92 Å². The van der Waals surface area contributed by atoms with Gasteiger partial charge in [0.05, 0.1) is 6.42 Å². The van der Waals surface area contributed by atoms with E-state index in [1.165, 1.54) is 0 Å². The molecule has 12 heavy (non-hydrogen) atoms. The van der Waals surface area contributed by atoms with Crippen LogP contribution < -0.4 is 0 Å². The predicted octanol–water partition coefficient (Wildman–Crippen LogP) is 2.46. The minimum atomic E-state index is -0.210. The Balaban J connectivity index is 3.75. The number of hydrogen-bond acceptors (Lipinski definition) is 2. The van der Waals surface area contributed by atoms with Crippen molar-refractivity contribution in [2.24, 2.45) is 0 Å². The Morgan fingerprint density at radius 1 is 1.50 bits per heavy atom. The van der Waals surface area contributed by atoms with E-state index in [2.05, 4.69) is 13.2 Å². The molecule has 0 N–H and O–H groups in total. The zero-order valence-electron chi connectivity index (χ0n) is 7.58. The van der Waals surface area contributed by atoms with Gasteiger partial charge in [-0.1, -0.05) is 19.1 Å². The van der Waals surface area contributed by atoms with Gasteiger partial charge in [-0.05, 0) is 6.42 Å². The lowest BCUT2D eigenvalue weighted by atomic mass is 10.2. The average Bonchev–Trinajstić information content (AvgIpc) is 2.04. The molecule has 0 saturated carbocycles. The molecule has 0 rings (SSSR count). The van der Waals surface area contributed by atoms with Gasteiger partial charge in [0.1, 0.15) is 6.10 Å². The van der Waals surface area contributed by atoms with Gasteiger partial charge in [0.25, 0.3) is 0 Å². The Kier molecular flexibility index (Phi) is 6.07. The van der Waals surface area contributed by atoms with Crippen molar-refractivity contribution in [2.75, 3.05) is 0 Å². The maximum atomic E-state index is 11.0. The van der Waals surface area contributed by atoms with Crippen LogP contribution in [0.2, 0.25) is 0 Å². The molecule has 68 valence electrons. The third kappa shape index (κ3) is 4.72. The van der Waals surface area contributed by atoms with Gasteiger partial charge in [0.2, 0.25) is 0 Å². The largest absolute Gasteiger partial charge is 0.462 e. The van der Waals surface area contributed by atoms with E-state index >= 15 is 0 Å². The van der Waals surface area contributed by atoms with Gasteiger partial charge in [0.15, 0.2) is 0 Å². The molecular weight excluding hydrogens is 152 g/mol. The van der Waals surface area contributed by atoms with Crippen LogP contribution in [0, 0.1) is 0 Å². The maximum absolute atomic E-state index is 11.0. The van der Waals surface area contributed by atoms with Crippen molar-refractivity contribution < 1.29 is 9.53 Å². The van der Waals surface area contributed by atoms with E-state index in [4.69, 9.17) is 4.74 Å². The lowest BCUT2D eigenvalue weighted by Gasteiger charge is -2.13. The van der Waals surface area contributed by atoms with Gasteiger partial charge in [0, 0.05) is 6.42 Å². The first-order valence-corrected chi connectivity index (χ1v) is 4.15. The molecule has 0 spiro atoms. The Bertz CT molecular complexity index is 161. The van der Waals surface area contributed by atoms with Crippen LogP contribution in [0.1, 0.15) is 26.2 Å². The van der Waals surface area contributed by atoms with Gasteiger partial charge < -0.3 is 4.74 Å². The summed E-state index contributed by atoms with van der Waals surface area (Å²) in [4.78, 5) is 11.0. The third-order valence-electron chi connectivity index (χ3n) is 1.49. The number of esters is 1. The first kappa shape index (κ1) is 11.0. The van der Waals surface area contributed by atoms with Crippen molar-refractivity contribution in [1.82, 2.24) is 0 Å². The van der Waals surface area contributed by atoms with E-state index in [1.54, 1.807) is 12.2 Å². The van der Waals surface area contributed by atoms with E-state index < -0.39 is 0 Å². The molecule has 0 aliphatic rings. The van der Waals surface area contributed by atoms with E-state index in [9.17, 15) is 4.79 Å². The molecule has 0 fully saturated rings. The van der Waals surface area contributed by atoms with Crippen LogP contribution in [0.15, 0.2) is 25.3 Å². The molecule has 0 aromatic rings. The lowest BCUT2D eigenvalue weighted by Crippen LogP contribution is -2.15. The van der Waals surface area contributed by atoms with Gasteiger partial charge in [-0.3, -0.25) is 4.79 Å². The topological polar surface area (TPSA) is 26.3 Å². The summed E-state index contributed by atoms with van der Waals surface area (Å²) in [5.41, 5.74) is 0. The summed E-state index contributed by atoms with van der Waals surface area (Å²) in [5, 5.41) is 0. The highest BCUT2D eigenvalue weighted by Gasteiger charge is 2.08. The van der Waals surface area contributed by atoms with E-state index in [0.29, 0.717) is 0 Å². The molecule has 1 unspecified atom stereocenters. The highest BCUT2D eigenvalue weighted by molar-refractivity contribution is 5.71. The number of carbonyl (C=O) groups is 1. The molecular formula is C10H16O2. The summed E-state index contributed by atoms with van der Waals surface area (Å²) in [5.74, 6) is -0.210. The summed E-state index contributed by atoms with van der Waals surface area (Å²) in [6, 6.07) is 0. The van der Waals surface area contributed by atoms with Crippen LogP contribution >= 0.6 is 0 Å². The van der Waals surface area contributed by atoms with Crippen molar-refractivity contribution in [3.63, 3.8) is 0 Å². The van der Waals surface area contributed by atoms with E-state index in [-0.39, 0.29) is 18.5 Å². The van der Waals surface area contributed by atoms with Gasteiger partial charge >= 0.3 is 5.97 Å². The number of hydrogen-bond donors (Lipinski definition) is 0. The van der Waals surface area contributed by atoms with Crippen molar-refractivity contribution in [2.45, 2.75) is 32.3 Å². The monoisotopic (exact) mass is 168 g/mol. The minimum Gasteiger partial charge on any atom is -0.462 e. The summed E-state index contributed by atoms with van der Waals surface area (Å²) in [6.07, 6.45) is 5.12. The lowest BCUT2D eigenvalue weighted by molar-refractivity contribution is -0.147. The highest BCUT2D eigenvalue weighted by atomic mass is 16.5. The molecule has 0 saturated heterocycles. The van der Waals surface area contributed by atoms with Crippen LogP contribution in [0.5, 0.6) is 0 Å². The van der Waals surface area contributed by atoms with E-state index in [0.717, 1.165) is 12.8 Å². The Morgan fingerprint density at radius 3 is 2.58 bits per heavy atom. The standard InChI is InChI=1S/C10H16O2/c1-4-7-9(6-3)12-10(11)8-5-2/h4-5,9H,1-2,6-8H2,3H3. The summed E-state index contributed by atoms with van der Waals surface area (Å²) in [7, 11) is 0. The van der Waals surface area contributed by atoms with Gasteiger partial charge in [-0.25, -0.2) is 0 Å². The Morgan fingerprint density at radius 2 is 2.17 bits per heavy atom. The molecule has 1 atom stereocenters. The minimum absolute atomic E-state index is 0.0186. The number of carbonyl (C=O) groups excluding carboxylic acids is 1. The molecule has 0 aliphatic heterocycles. The van der Waals surface area contributed by atoms with Gasteiger partial charge in [-0.15, -0.1) is 13.2 Å². The molecule has 0 heterocycles. The second-order valence-corrected chi connectivity index (χ2v) is 2.54. The quantitative estimate of drug-likeness (QED) is 0.450. The maximum Gasteiger partial charge on any atom is 0.309 e. The number of rotatable bonds is 6. The zero-order valence-corrected chi connectivity index (χ0v) is 7.58. The van der Waals surface area contributed by atoms with Crippen molar-refractivity contribution in [1.29, 1.82) is 0 Å². The third-order valence-corrected chi connectivity index (χ3v) is 1.49. The molecule has 2 nitrogen and oxygen atoms in total. The predicted molar refractivity (Wildman–Crippen MR) is 49.8 cm³/mol. The normalized spacial score (nSPS) is 11.8. The van der Waals surface area contributed by atoms with Gasteiger partial charge in [-0.2, -0.15) is 0 Å².